The number of carbonyl (C=O) groups excluding carboxylic acids is 2. The van der Waals surface area contributed by atoms with Crippen LogP contribution in [0.4, 0.5) is 11.4 Å². The number of nitrogens with one attached hydrogen (secondary N) is 2. The fourth-order valence-electron chi connectivity index (χ4n) is 3.20. The van der Waals surface area contributed by atoms with Crippen molar-refractivity contribution in [3.63, 3.8) is 0 Å². The van der Waals surface area contributed by atoms with E-state index in [9.17, 15) is 9.59 Å². The van der Waals surface area contributed by atoms with Crippen LogP contribution in [0, 0.1) is 5.92 Å². The molecule has 0 radical (unpaired) electrons. The van der Waals surface area contributed by atoms with Crippen LogP contribution in [0.5, 0.6) is 5.75 Å². The van der Waals surface area contributed by atoms with E-state index in [1.54, 1.807) is 12.1 Å². The Labute approximate surface area is 139 Å². The second kappa shape index (κ2) is 6.02. The molecule has 0 bridgehead atoms. The van der Waals surface area contributed by atoms with Crippen LogP contribution < -0.4 is 21.1 Å². The van der Waals surface area contributed by atoms with E-state index < -0.39 is 5.54 Å². The summed E-state index contributed by atoms with van der Waals surface area (Å²) in [6.45, 7) is 1.87. The van der Waals surface area contributed by atoms with Crippen molar-refractivity contribution in [1.29, 1.82) is 0 Å². The second-order valence-electron chi connectivity index (χ2n) is 6.46. The van der Waals surface area contributed by atoms with Gasteiger partial charge in [-0.25, -0.2) is 0 Å². The molecule has 0 spiro atoms. The molecular weight excluding hydrogens is 318 g/mol. The molecule has 23 heavy (non-hydrogen) atoms. The summed E-state index contributed by atoms with van der Waals surface area (Å²) >= 11 is 6.21. The lowest BCUT2D eigenvalue weighted by atomic mass is 9.74. The van der Waals surface area contributed by atoms with Gasteiger partial charge in [0, 0.05) is 11.6 Å². The molecule has 2 aliphatic rings. The lowest BCUT2D eigenvalue weighted by Gasteiger charge is -2.37. The minimum atomic E-state index is -0.506. The van der Waals surface area contributed by atoms with E-state index in [1.165, 1.54) is 0 Å². The number of hydrogen-bond donors (Lipinski definition) is 3. The van der Waals surface area contributed by atoms with Crippen molar-refractivity contribution in [3.8, 4) is 5.75 Å². The lowest BCUT2D eigenvalue weighted by molar-refractivity contribution is -0.123. The molecule has 124 valence electrons. The van der Waals surface area contributed by atoms with Gasteiger partial charge in [0.2, 0.25) is 5.91 Å². The standard InChI is InChI=1S/C16H20ClN3O3/c1-16(18)5-3-2-4-9(16)15(22)20-11-7-13-12(6-10(11)17)19-14(21)8-23-13/h6-7,9H,2-5,8,18H2,1H3,(H,19,21)(H,20,22). The molecule has 2 unspecified atom stereocenters. The Balaban J connectivity index is 1.80. The number of hydrogen-bond acceptors (Lipinski definition) is 4. The van der Waals surface area contributed by atoms with Gasteiger partial charge < -0.3 is 21.1 Å². The molecule has 2 amide bonds. The summed E-state index contributed by atoms with van der Waals surface area (Å²) in [6, 6.07) is 3.21. The Bertz CT molecular complexity index is 660. The molecule has 1 aromatic carbocycles. The number of fused-ring (bicyclic) bond motifs is 1. The molecule has 1 fully saturated rings. The molecule has 1 aliphatic carbocycles. The average Bonchev–Trinajstić information content (AvgIpc) is 2.47. The number of nitrogens with two attached hydrogens (primary N) is 1. The topological polar surface area (TPSA) is 93.5 Å². The first-order valence-corrected chi connectivity index (χ1v) is 8.10. The molecular formula is C16H20ClN3O3. The molecule has 1 aliphatic heterocycles. The molecule has 1 heterocycles. The summed E-state index contributed by atoms with van der Waals surface area (Å²) in [4.78, 5) is 23.9. The smallest absolute Gasteiger partial charge is 0.262 e. The lowest BCUT2D eigenvalue weighted by Crippen LogP contribution is -2.51. The second-order valence-corrected chi connectivity index (χ2v) is 6.87. The van der Waals surface area contributed by atoms with E-state index in [-0.39, 0.29) is 24.3 Å². The number of anilines is 2. The van der Waals surface area contributed by atoms with Crippen LogP contribution in [-0.4, -0.2) is 24.0 Å². The molecule has 0 aromatic heterocycles. The maximum Gasteiger partial charge on any atom is 0.262 e. The third kappa shape index (κ3) is 3.28. The van der Waals surface area contributed by atoms with E-state index in [4.69, 9.17) is 22.1 Å². The van der Waals surface area contributed by atoms with Crippen molar-refractivity contribution >= 4 is 34.8 Å². The Kier molecular flexibility index (Phi) is 4.21. The summed E-state index contributed by atoms with van der Waals surface area (Å²) in [5, 5.41) is 5.87. The van der Waals surface area contributed by atoms with Gasteiger partial charge in [-0.05, 0) is 25.8 Å². The molecule has 7 heteroatoms. The van der Waals surface area contributed by atoms with E-state index in [0.29, 0.717) is 22.1 Å². The van der Waals surface area contributed by atoms with Crippen LogP contribution in [0.2, 0.25) is 5.02 Å². The summed E-state index contributed by atoms with van der Waals surface area (Å²) < 4.78 is 5.35. The molecule has 1 saturated carbocycles. The monoisotopic (exact) mass is 337 g/mol. The van der Waals surface area contributed by atoms with Crippen LogP contribution in [-0.2, 0) is 9.59 Å². The predicted octanol–water partition coefficient (Wildman–Crippen LogP) is 2.52. The van der Waals surface area contributed by atoms with Crippen molar-refractivity contribution in [2.24, 2.45) is 11.7 Å². The number of carbonyl (C=O) groups is 2. The van der Waals surface area contributed by atoms with Crippen LogP contribution in [0.3, 0.4) is 0 Å². The van der Waals surface area contributed by atoms with Gasteiger partial charge in [-0.2, -0.15) is 0 Å². The van der Waals surface area contributed by atoms with Gasteiger partial charge >= 0.3 is 0 Å². The van der Waals surface area contributed by atoms with Gasteiger partial charge in [0.1, 0.15) is 5.75 Å². The first-order valence-electron chi connectivity index (χ1n) is 7.73. The number of halogens is 1. The van der Waals surface area contributed by atoms with Crippen molar-refractivity contribution in [1.82, 2.24) is 0 Å². The molecule has 0 saturated heterocycles. The Morgan fingerprint density at radius 1 is 1.48 bits per heavy atom. The zero-order chi connectivity index (χ0) is 16.6. The maximum absolute atomic E-state index is 12.6. The minimum Gasteiger partial charge on any atom is -0.482 e. The van der Waals surface area contributed by atoms with Crippen LogP contribution in [0.25, 0.3) is 0 Å². The zero-order valence-corrected chi connectivity index (χ0v) is 13.7. The fraction of sp³-hybridized carbons (Fsp3) is 0.500. The SMILES string of the molecule is CC1(N)CCCCC1C(=O)Nc1cc2c(cc1Cl)NC(=O)CO2. The fourth-order valence-corrected chi connectivity index (χ4v) is 3.42. The largest absolute Gasteiger partial charge is 0.482 e. The van der Waals surface area contributed by atoms with Crippen molar-refractivity contribution in [3.05, 3.63) is 17.2 Å². The highest BCUT2D eigenvalue weighted by Crippen LogP contribution is 2.38. The highest BCUT2D eigenvalue weighted by Gasteiger charge is 2.38. The summed E-state index contributed by atoms with van der Waals surface area (Å²) in [5.41, 5.74) is 6.74. The molecule has 1 aromatic rings. The highest BCUT2D eigenvalue weighted by molar-refractivity contribution is 6.34. The van der Waals surface area contributed by atoms with E-state index in [0.717, 1.165) is 25.7 Å². The number of amides is 2. The van der Waals surface area contributed by atoms with Gasteiger partial charge in [0.15, 0.2) is 6.61 Å². The maximum atomic E-state index is 12.6. The minimum absolute atomic E-state index is 0.0501. The van der Waals surface area contributed by atoms with Gasteiger partial charge in [-0.15, -0.1) is 0 Å². The first-order chi connectivity index (χ1) is 10.9. The Hall–Kier alpha value is -1.79. The number of rotatable bonds is 2. The Morgan fingerprint density at radius 3 is 3.00 bits per heavy atom. The van der Waals surface area contributed by atoms with E-state index >= 15 is 0 Å². The quantitative estimate of drug-likeness (QED) is 0.773. The third-order valence-electron chi connectivity index (χ3n) is 4.53. The molecule has 6 nitrogen and oxygen atoms in total. The van der Waals surface area contributed by atoms with Crippen molar-refractivity contribution in [2.45, 2.75) is 38.1 Å². The Morgan fingerprint density at radius 2 is 2.26 bits per heavy atom. The van der Waals surface area contributed by atoms with Crippen molar-refractivity contribution in [2.75, 3.05) is 17.2 Å². The first kappa shape index (κ1) is 16.1. The number of ether oxygens (including phenoxy) is 1. The third-order valence-corrected chi connectivity index (χ3v) is 4.84. The normalized spacial score (nSPS) is 26.7. The summed E-state index contributed by atoms with van der Waals surface area (Å²) in [7, 11) is 0. The van der Waals surface area contributed by atoms with Crippen LogP contribution in [0.15, 0.2) is 12.1 Å². The van der Waals surface area contributed by atoms with Crippen LogP contribution in [0.1, 0.15) is 32.6 Å². The molecule has 3 rings (SSSR count). The van der Waals surface area contributed by atoms with Gasteiger partial charge in [-0.1, -0.05) is 24.4 Å². The van der Waals surface area contributed by atoms with Crippen LogP contribution >= 0.6 is 11.6 Å². The van der Waals surface area contributed by atoms with Crippen molar-refractivity contribution < 1.29 is 14.3 Å². The molecule has 4 N–H and O–H groups in total. The highest BCUT2D eigenvalue weighted by atomic mass is 35.5. The van der Waals surface area contributed by atoms with Gasteiger partial charge in [-0.3, -0.25) is 9.59 Å². The van der Waals surface area contributed by atoms with E-state index in [1.807, 2.05) is 6.92 Å². The zero-order valence-electron chi connectivity index (χ0n) is 12.9. The summed E-state index contributed by atoms with van der Waals surface area (Å²) in [6.07, 6.45) is 3.65. The van der Waals surface area contributed by atoms with E-state index in [2.05, 4.69) is 10.6 Å². The molecule has 2 atom stereocenters. The summed E-state index contributed by atoms with van der Waals surface area (Å²) in [5.74, 6) is -0.115. The predicted molar refractivity (Wildman–Crippen MR) is 88.8 cm³/mol. The van der Waals surface area contributed by atoms with Gasteiger partial charge in [0.25, 0.3) is 5.91 Å². The number of benzene rings is 1. The average molecular weight is 338 g/mol. The van der Waals surface area contributed by atoms with Gasteiger partial charge in [0.05, 0.1) is 22.3 Å².